The zero-order valence-corrected chi connectivity index (χ0v) is 9.61. The topological polar surface area (TPSA) is 62.2 Å². The van der Waals surface area contributed by atoms with Crippen LogP contribution in [0.4, 0.5) is 0 Å². The number of carbonyl (C=O) groups is 1. The average molecular weight is 232 g/mol. The summed E-state index contributed by atoms with van der Waals surface area (Å²) in [6.07, 6.45) is 1.71. The highest BCUT2D eigenvalue weighted by atomic mass is 32.2. The molecule has 0 aliphatic carbocycles. The van der Waals surface area contributed by atoms with Gasteiger partial charge in [-0.3, -0.25) is 4.79 Å². The van der Waals surface area contributed by atoms with Gasteiger partial charge in [-0.2, -0.15) is 0 Å². The van der Waals surface area contributed by atoms with Crippen LogP contribution >= 0.6 is 23.1 Å². The number of carboxylic acids is 1. The molecule has 4 nitrogen and oxygen atoms in total. The van der Waals surface area contributed by atoms with Crippen LogP contribution in [0.25, 0.3) is 0 Å². The predicted molar refractivity (Wildman–Crippen MR) is 57.9 cm³/mol. The van der Waals surface area contributed by atoms with Gasteiger partial charge in [-0.25, -0.2) is 4.98 Å². The molecule has 0 saturated heterocycles. The Labute approximate surface area is 90.7 Å². The minimum atomic E-state index is -0.893. The molecule has 1 unspecified atom stereocenters. The Bertz CT molecular complexity index is 302. The summed E-state index contributed by atoms with van der Waals surface area (Å²) >= 11 is 2.97. The lowest BCUT2D eigenvalue weighted by Crippen LogP contribution is -2.49. The maximum atomic E-state index is 10.9. The molecule has 1 rings (SSSR count). The first kappa shape index (κ1) is 11.5. The van der Waals surface area contributed by atoms with Crippen molar-refractivity contribution >= 4 is 29.1 Å². The largest absolute Gasteiger partial charge is 0.480 e. The first-order valence-corrected chi connectivity index (χ1v) is 5.89. The number of thiazole rings is 1. The number of nitrogens with one attached hydrogen (secondary N) is 1. The Morgan fingerprint density at radius 3 is 3.00 bits per heavy atom. The lowest BCUT2D eigenvalue weighted by Gasteiger charge is -2.22. The standard InChI is InChI=1S/C8H12N2O2S2/c1-8(9-2,6(11)12)5-14-7-10-3-4-13-7/h3-4,9H,5H2,1-2H3,(H,11,12). The fraction of sp³-hybridized carbons (Fsp3) is 0.500. The van der Waals surface area contributed by atoms with E-state index in [-0.39, 0.29) is 0 Å². The van der Waals surface area contributed by atoms with E-state index in [1.165, 1.54) is 23.1 Å². The van der Waals surface area contributed by atoms with Gasteiger partial charge in [0.05, 0.1) is 0 Å². The summed E-state index contributed by atoms with van der Waals surface area (Å²) in [5.41, 5.74) is -0.893. The number of hydrogen-bond donors (Lipinski definition) is 2. The van der Waals surface area contributed by atoms with Gasteiger partial charge in [0.1, 0.15) is 9.88 Å². The second-order valence-corrected chi connectivity index (χ2v) is 5.09. The van der Waals surface area contributed by atoms with Gasteiger partial charge in [0, 0.05) is 17.3 Å². The van der Waals surface area contributed by atoms with E-state index in [1.54, 1.807) is 20.2 Å². The summed E-state index contributed by atoms with van der Waals surface area (Å²) in [7, 11) is 1.65. The fourth-order valence-corrected chi connectivity index (χ4v) is 2.52. The predicted octanol–water partition coefficient (Wildman–Crippen LogP) is 1.30. The van der Waals surface area contributed by atoms with Crippen molar-refractivity contribution in [3.05, 3.63) is 11.6 Å². The second kappa shape index (κ2) is 4.77. The molecule has 0 aliphatic heterocycles. The maximum absolute atomic E-state index is 10.9. The third-order valence-corrected chi connectivity index (χ3v) is 4.20. The van der Waals surface area contributed by atoms with E-state index in [2.05, 4.69) is 10.3 Å². The Morgan fingerprint density at radius 1 is 1.86 bits per heavy atom. The zero-order valence-electron chi connectivity index (χ0n) is 7.98. The van der Waals surface area contributed by atoms with Crippen LogP contribution in [0.5, 0.6) is 0 Å². The van der Waals surface area contributed by atoms with Crippen LogP contribution in [0, 0.1) is 0 Å². The van der Waals surface area contributed by atoms with Gasteiger partial charge >= 0.3 is 5.97 Å². The molecule has 0 aromatic carbocycles. The average Bonchev–Trinajstić information content (AvgIpc) is 2.66. The van der Waals surface area contributed by atoms with E-state index in [4.69, 9.17) is 5.11 Å². The molecule has 0 fully saturated rings. The van der Waals surface area contributed by atoms with Crippen molar-refractivity contribution in [2.45, 2.75) is 16.8 Å². The lowest BCUT2D eigenvalue weighted by molar-refractivity contribution is -0.142. The number of aliphatic carboxylic acids is 1. The molecular weight excluding hydrogens is 220 g/mol. The minimum absolute atomic E-state index is 0.465. The molecule has 0 spiro atoms. The summed E-state index contributed by atoms with van der Waals surface area (Å²) in [5, 5.41) is 13.6. The molecule has 1 aromatic rings. The number of carboxylic acid groups (broad SMARTS) is 1. The Kier molecular flexibility index (Phi) is 3.91. The van der Waals surface area contributed by atoms with Crippen LogP contribution in [0.15, 0.2) is 15.9 Å². The van der Waals surface area contributed by atoms with Crippen molar-refractivity contribution < 1.29 is 9.90 Å². The Balaban J connectivity index is 2.54. The first-order valence-electron chi connectivity index (χ1n) is 4.03. The van der Waals surface area contributed by atoms with Crippen molar-refractivity contribution in [3.63, 3.8) is 0 Å². The monoisotopic (exact) mass is 232 g/mol. The number of thioether (sulfide) groups is 1. The van der Waals surface area contributed by atoms with Gasteiger partial charge in [0.15, 0.2) is 0 Å². The van der Waals surface area contributed by atoms with Gasteiger partial charge in [0.25, 0.3) is 0 Å². The molecule has 0 radical (unpaired) electrons. The maximum Gasteiger partial charge on any atom is 0.324 e. The van der Waals surface area contributed by atoms with Crippen molar-refractivity contribution in [1.82, 2.24) is 10.3 Å². The Hall–Kier alpha value is -0.590. The molecule has 2 N–H and O–H groups in total. The third kappa shape index (κ3) is 2.70. The Morgan fingerprint density at radius 2 is 2.57 bits per heavy atom. The third-order valence-electron chi connectivity index (χ3n) is 1.92. The van der Waals surface area contributed by atoms with Gasteiger partial charge in [-0.1, -0.05) is 11.8 Å². The number of hydrogen-bond acceptors (Lipinski definition) is 5. The number of aromatic nitrogens is 1. The molecule has 14 heavy (non-hydrogen) atoms. The summed E-state index contributed by atoms with van der Waals surface area (Å²) in [5.74, 6) is -0.379. The van der Waals surface area contributed by atoms with Crippen LogP contribution in [-0.2, 0) is 4.79 Å². The normalized spacial score (nSPS) is 15.0. The summed E-state index contributed by atoms with van der Waals surface area (Å²) in [4.78, 5) is 15.0. The number of rotatable bonds is 5. The minimum Gasteiger partial charge on any atom is -0.480 e. The van der Waals surface area contributed by atoms with Crippen molar-refractivity contribution in [2.75, 3.05) is 12.8 Å². The van der Waals surface area contributed by atoms with E-state index >= 15 is 0 Å². The van der Waals surface area contributed by atoms with Crippen LogP contribution in [-0.4, -0.2) is 34.4 Å². The summed E-state index contributed by atoms with van der Waals surface area (Å²) < 4.78 is 0.896. The highest BCUT2D eigenvalue weighted by molar-refractivity contribution is 8.01. The van der Waals surface area contributed by atoms with E-state index in [1.807, 2.05) is 5.38 Å². The van der Waals surface area contributed by atoms with E-state index in [0.29, 0.717) is 5.75 Å². The van der Waals surface area contributed by atoms with Crippen LogP contribution in [0.3, 0.4) is 0 Å². The quantitative estimate of drug-likeness (QED) is 0.749. The smallest absolute Gasteiger partial charge is 0.324 e. The van der Waals surface area contributed by atoms with Crippen LogP contribution in [0.1, 0.15) is 6.92 Å². The van der Waals surface area contributed by atoms with Crippen molar-refractivity contribution in [1.29, 1.82) is 0 Å². The molecule has 6 heteroatoms. The molecule has 1 heterocycles. The van der Waals surface area contributed by atoms with Crippen molar-refractivity contribution in [3.8, 4) is 0 Å². The van der Waals surface area contributed by atoms with E-state index in [0.717, 1.165) is 4.34 Å². The molecule has 0 amide bonds. The lowest BCUT2D eigenvalue weighted by atomic mass is 10.1. The van der Waals surface area contributed by atoms with E-state index in [9.17, 15) is 4.79 Å². The highest BCUT2D eigenvalue weighted by Crippen LogP contribution is 2.24. The molecule has 0 bridgehead atoms. The molecule has 0 aliphatic rings. The molecule has 1 aromatic heterocycles. The fourth-order valence-electron chi connectivity index (χ4n) is 0.729. The van der Waals surface area contributed by atoms with Crippen molar-refractivity contribution in [2.24, 2.45) is 0 Å². The first-order chi connectivity index (χ1) is 6.58. The molecule has 1 atom stereocenters. The van der Waals surface area contributed by atoms with Gasteiger partial charge in [-0.15, -0.1) is 11.3 Å². The van der Waals surface area contributed by atoms with Crippen LogP contribution < -0.4 is 5.32 Å². The molecule has 0 saturated carbocycles. The number of likely N-dealkylation sites (N-methyl/N-ethyl adjacent to an activating group) is 1. The van der Waals surface area contributed by atoms with Crippen LogP contribution in [0.2, 0.25) is 0 Å². The SMILES string of the molecule is CNC(C)(CSc1nccs1)C(=O)O. The zero-order chi connectivity index (χ0) is 10.6. The van der Waals surface area contributed by atoms with Gasteiger partial charge < -0.3 is 10.4 Å². The second-order valence-electron chi connectivity index (χ2n) is 2.97. The van der Waals surface area contributed by atoms with Gasteiger partial charge in [-0.05, 0) is 14.0 Å². The molecular formula is C8H12N2O2S2. The number of nitrogens with zero attached hydrogens (tertiary/aromatic N) is 1. The van der Waals surface area contributed by atoms with Gasteiger partial charge in [0.2, 0.25) is 0 Å². The summed E-state index contributed by atoms with van der Waals surface area (Å²) in [6.45, 7) is 1.66. The summed E-state index contributed by atoms with van der Waals surface area (Å²) in [6, 6.07) is 0. The van der Waals surface area contributed by atoms with E-state index < -0.39 is 11.5 Å². The highest BCUT2D eigenvalue weighted by Gasteiger charge is 2.31. The molecule has 78 valence electrons.